The number of aryl methyl sites for hydroxylation is 1. The molecule has 0 radical (unpaired) electrons. The molecule has 2 aromatic rings. The number of nitrogens with zero attached hydrogens (tertiary/aromatic N) is 4. The molecule has 0 atom stereocenters. The van der Waals surface area contributed by atoms with E-state index in [4.69, 9.17) is 0 Å². The minimum Gasteiger partial charge on any atom is -0.493 e. The van der Waals surface area contributed by atoms with E-state index in [0.717, 1.165) is 35.7 Å². The van der Waals surface area contributed by atoms with Gasteiger partial charge in [-0.05, 0) is 20.8 Å². The third-order valence-electron chi connectivity index (χ3n) is 3.32. The van der Waals surface area contributed by atoms with Crippen LogP contribution < -0.4 is 0 Å². The quantitative estimate of drug-likeness (QED) is 0.809. The van der Waals surface area contributed by atoms with Crippen LogP contribution in [0.15, 0.2) is 6.07 Å². The molecule has 1 aliphatic heterocycles. The summed E-state index contributed by atoms with van der Waals surface area (Å²) in [5, 5.41) is 14.3. The first kappa shape index (κ1) is 10.5. The molecule has 0 bridgehead atoms. The average molecular weight is 232 g/mol. The smallest absolute Gasteiger partial charge is 0.215 e. The van der Waals surface area contributed by atoms with E-state index in [0.29, 0.717) is 6.04 Å². The van der Waals surface area contributed by atoms with Gasteiger partial charge in [-0.15, -0.1) is 0 Å². The number of aromatic nitrogens is 3. The topological polar surface area (TPSA) is 53.7 Å². The Hall–Kier alpha value is -1.62. The van der Waals surface area contributed by atoms with Crippen LogP contribution in [0.2, 0.25) is 0 Å². The third kappa shape index (κ3) is 1.50. The van der Waals surface area contributed by atoms with E-state index in [1.807, 2.05) is 6.92 Å². The predicted octanol–water partition coefficient (Wildman–Crippen LogP) is 1.47. The predicted molar refractivity (Wildman–Crippen MR) is 63.8 cm³/mol. The average Bonchev–Trinajstić information content (AvgIpc) is 2.76. The first-order valence-electron chi connectivity index (χ1n) is 5.87. The Kier molecular flexibility index (Phi) is 2.13. The van der Waals surface area contributed by atoms with Crippen molar-refractivity contribution in [2.24, 2.45) is 0 Å². The lowest BCUT2D eigenvalue weighted by Gasteiger charge is -2.19. The Morgan fingerprint density at radius 2 is 2.12 bits per heavy atom. The Morgan fingerprint density at radius 1 is 1.35 bits per heavy atom. The second-order valence-corrected chi connectivity index (χ2v) is 4.92. The number of rotatable bonds is 1. The zero-order valence-electron chi connectivity index (χ0n) is 10.3. The number of hydrogen-bond donors (Lipinski definition) is 1. The third-order valence-corrected chi connectivity index (χ3v) is 3.32. The summed E-state index contributed by atoms with van der Waals surface area (Å²) in [5.74, 6) is 0.165. The lowest BCUT2D eigenvalue weighted by molar-refractivity contribution is 0.224. The van der Waals surface area contributed by atoms with E-state index in [2.05, 4.69) is 28.8 Å². The summed E-state index contributed by atoms with van der Waals surface area (Å²) >= 11 is 0. The van der Waals surface area contributed by atoms with Crippen LogP contribution in [-0.2, 0) is 13.1 Å². The van der Waals surface area contributed by atoms with E-state index < -0.39 is 0 Å². The van der Waals surface area contributed by atoms with Crippen molar-refractivity contribution in [3.63, 3.8) is 0 Å². The van der Waals surface area contributed by atoms with Gasteiger partial charge in [0.2, 0.25) is 5.88 Å². The standard InChI is InChI=1S/C12H16N4O/c1-7(2)15-5-9-10(6-15)14-16-11(17)4-8(3)13-12(9)16/h4,7,17H,5-6H2,1-3H3. The van der Waals surface area contributed by atoms with Gasteiger partial charge in [0.05, 0.1) is 5.69 Å². The molecule has 0 amide bonds. The Balaban J connectivity index is 2.15. The van der Waals surface area contributed by atoms with Gasteiger partial charge in [-0.1, -0.05) is 0 Å². The maximum atomic E-state index is 9.83. The van der Waals surface area contributed by atoms with Crippen molar-refractivity contribution in [3.05, 3.63) is 23.0 Å². The highest BCUT2D eigenvalue weighted by Gasteiger charge is 2.27. The molecular formula is C12H16N4O. The molecule has 2 aromatic heterocycles. The fraction of sp³-hybridized carbons (Fsp3) is 0.500. The van der Waals surface area contributed by atoms with Crippen LogP contribution >= 0.6 is 0 Å². The molecule has 5 heteroatoms. The molecule has 17 heavy (non-hydrogen) atoms. The van der Waals surface area contributed by atoms with Gasteiger partial charge in [-0.25, -0.2) is 4.98 Å². The van der Waals surface area contributed by atoms with Gasteiger partial charge < -0.3 is 5.11 Å². The Morgan fingerprint density at radius 3 is 2.82 bits per heavy atom. The normalized spacial score (nSPS) is 16.0. The molecule has 1 aliphatic rings. The summed E-state index contributed by atoms with van der Waals surface area (Å²) in [7, 11) is 0. The van der Waals surface area contributed by atoms with Gasteiger partial charge in [0.1, 0.15) is 0 Å². The molecule has 1 N–H and O–H groups in total. The highest BCUT2D eigenvalue weighted by atomic mass is 16.3. The van der Waals surface area contributed by atoms with Crippen LogP contribution in [0.5, 0.6) is 5.88 Å². The van der Waals surface area contributed by atoms with Crippen molar-refractivity contribution in [3.8, 4) is 5.88 Å². The molecule has 0 spiro atoms. The Bertz CT molecular complexity index is 588. The van der Waals surface area contributed by atoms with Gasteiger partial charge in [-0.3, -0.25) is 4.90 Å². The van der Waals surface area contributed by atoms with Crippen molar-refractivity contribution in [2.45, 2.75) is 39.9 Å². The minimum atomic E-state index is 0.165. The molecule has 0 saturated heterocycles. The fourth-order valence-corrected chi connectivity index (χ4v) is 2.31. The summed E-state index contributed by atoms with van der Waals surface area (Å²) in [5.41, 5.74) is 3.80. The van der Waals surface area contributed by atoms with Crippen molar-refractivity contribution < 1.29 is 5.11 Å². The largest absolute Gasteiger partial charge is 0.493 e. The molecule has 0 fully saturated rings. The summed E-state index contributed by atoms with van der Waals surface area (Å²) in [6.45, 7) is 7.95. The highest BCUT2D eigenvalue weighted by Crippen LogP contribution is 2.28. The van der Waals surface area contributed by atoms with Crippen molar-refractivity contribution in [1.82, 2.24) is 19.5 Å². The zero-order chi connectivity index (χ0) is 12.2. The maximum Gasteiger partial charge on any atom is 0.215 e. The summed E-state index contributed by atoms with van der Waals surface area (Å²) in [4.78, 5) is 6.82. The van der Waals surface area contributed by atoms with E-state index in [-0.39, 0.29) is 5.88 Å². The monoisotopic (exact) mass is 232 g/mol. The van der Waals surface area contributed by atoms with Crippen molar-refractivity contribution >= 4 is 5.65 Å². The lowest BCUT2D eigenvalue weighted by Crippen LogP contribution is -2.25. The molecular weight excluding hydrogens is 216 g/mol. The minimum absolute atomic E-state index is 0.165. The summed E-state index contributed by atoms with van der Waals surface area (Å²) in [6.07, 6.45) is 0. The van der Waals surface area contributed by atoms with E-state index >= 15 is 0 Å². The number of aromatic hydroxyl groups is 1. The fourth-order valence-electron chi connectivity index (χ4n) is 2.31. The van der Waals surface area contributed by atoms with Crippen LogP contribution in [0, 0.1) is 6.92 Å². The van der Waals surface area contributed by atoms with Crippen LogP contribution in [0.25, 0.3) is 5.65 Å². The van der Waals surface area contributed by atoms with Crippen molar-refractivity contribution in [1.29, 1.82) is 0 Å². The second kappa shape index (κ2) is 3.43. The molecule has 3 heterocycles. The van der Waals surface area contributed by atoms with Crippen molar-refractivity contribution in [2.75, 3.05) is 0 Å². The van der Waals surface area contributed by atoms with Crippen LogP contribution in [0.3, 0.4) is 0 Å². The molecule has 0 saturated carbocycles. The highest BCUT2D eigenvalue weighted by molar-refractivity contribution is 5.53. The summed E-state index contributed by atoms with van der Waals surface area (Å²) in [6, 6.07) is 2.14. The van der Waals surface area contributed by atoms with Crippen LogP contribution in [0.1, 0.15) is 30.8 Å². The maximum absolute atomic E-state index is 9.83. The number of hydrogen-bond acceptors (Lipinski definition) is 4. The molecule has 0 aromatic carbocycles. The van der Waals surface area contributed by atoms with Crippen LogP contribution in [0.4, 0.5) is 0 Å². The van der Waals surface area contributed by atoms with Gasteiger partial charge in [-0.2, -0.15) is 9.61 Å². The molecule has 0 aliphatic carbocycles. The van der Waals surface area contributed by atoms with E-state index in [1.165, 1.54) is 4.52 Å². The van der Waals surface area contributed by atoms with Crippen LogP contribution in [-0.4, -0.2) is 30.6 Å². The number of fused-ring (bicyclic) bond motifs is 3. The first-order valence-corrected chi connectivity index (χ1v) is 5.87. The molecule has 90 valence electrons. The second-order valence-electron chi connectivity index (χ2n) is 4.92. The molecule has 5 nitrogen and oxygen atoms in total. The Labute approximate surface area is 99.7 Å². The van der Waals surface area contributed by atoms with E-state index in [1.54, 1.807) is 6.07 Å². The zero-order valence-corrected chi connectivity index (χ0v) is 10.3. The van der Waals surface area contributed by atoms with E-state index in [9.17, 15) is 5.11 Å². The van der Waals surface area contributed by atoms with Gasteiger partial charge in [0, 0.05) is 36.5 Å². The molecule has 0 unspecified atom stereocenters. The first-order chi connectivity index (χ1) is 8.06. The van der Waals surface area contributed by atoms with Gasteiger partial charge >= 0.3 is 0 Å². The van der Waals surface area contributed by atoms with Gasteiger partial charge in [0.25, 0.3) is 0 Å². The molecule has 3 rings (SSSR count). The summed E-state index contributed by atoms with van der Waals surface area (Å²) < 4.78 is 1.54. The SMILES string of the molecule is Cc1cc(O)n2nc3c(c2n1)CN(C(C)C)C3. The lowest BCUT2D eigenvalue weighted by atomic mass is 10.3. The van der Waals surface area contributed by atoms with Gasteiger partial charge in [0.15, 0.2) is 5.65 Å².